The predicted octanol–water partition coefficient (Wildman–Crippen LogP) is 3.41. The summed E-state index contributed by atoms with van der Waals surface area (Å²) in [6.45, 7) is 0. The van der Waals surface area contributed by atoms with Crippen molar-refractivity contribution in [3.63, 3.8) is 0 Å². The molecule has 0 heteroatoms. The van der Waals surface area contributed by atoms with Crippen LogP contribution in [0.2, 0.25) is 0 Å². The van der Waals surface area contributed by atoms with Gasteiger partial charge < -0.3 is 0 Å². The highest BCUT2D eigenvalue weighted by atomic mass is 14.3. The number of benzene rings is 2. The van der Waals surface area contributed by atoms with E-state index in [1.165, 1.54) is 16.7 Å². The zero-order valence-corrected chi connectivity index (χ0v) is 9.27. The van der Waals surface area contributed by atoms with Gasteiger partial charge in [-0.1, -0.05) is 48.2 Å². The van der Waals surface area contributed by atoms with Crippen molar-refractivity contribution in [2.45, 2.75) is 5.92 Å². The minimum atomic E-state index is -0.00606. The average molecular weight is 214 g/mol. The molecule has 0 saturated carbocycles. The Morgan fingerprint density at radius 2 is 1.65 bits per heavy atom. The fourth-order valence-corrected chi connectivity index (χ4v) is 2.56. The third-order valence-corrected chi connectivity index (χ3v) is 3.28. The fourth-order valence-electron chi connectivity index (χ4n) is 2.56. The quantitative estimate of drug-likeness (QED) is 0.589. The number of hydrogen-bond donors (Lipinski definition) is 0. The van der Waals surface area contributed by atoms with E-state index < -0.39 is 0 Å². The van der Waals surface area contributed by atoms with Crippen LogP contribution in [-0.4, -0.2) is 0 Å². The second-order valence-electron chi connectivity index (χ2n) is 4.10. The molecule has 0 heterocycles. The van der Waals surface area contributed by atoms with Gasteiger partial charge in [-0.2, -0.15) is 0 Å². The van der Waals surface area contributed by atoms with Crippen LogP contribution in [0.1, 0.15) is 22.6 Å². The number of rotatable bonds is 0. The first kappa shape index (κ1) is 9.76. The van der Waals surface area contributed by atoms with Crippen LogP contribution in [-0.2, 0) is 0 Å². The largest absolute Gasteiger partial charge is 0.119 e. The van der Waals surface area contributed by atoms with E-state index in [0.29, 0.717) is 0 Å². The van der Waals surface area contributed by atoms with E-state index in [2.05, 4.69) is 30.0 Å². The molecule has 0 aromatic heterocycles. The maximum Gasteiger partial charge on any atom is 0.0723 e. The summed E-state index contributed by atoms with van der Waals surface area (Å²) in [7, 11) is 0. The Labute approximate surface area is 101 Å². The van der Waals surface area contributed by atoms with Crippen LogP contribution in [0.4, 0.5) is 0 Å². The Kier molecular flexibility index (Phi) is 2.04. The minimum absolute atomic E-state index is 0.00606. The molecular weight excluding hydrogens is 204 g/mol. The molecule has 1 aliphatic rings. The summed E-state index contributed by atoms with van der Waals surface area (Å²) in [6, 6.07) is 14.3. The van der Waals surface area contributed by atoms with Gasteiger partial charge in [0.05, 0.1) is 5.92 Å². The van der Waals surface area contributed by atoms with Crippen molar-refractivity contribution in [1.82, 2.24) is 0 Å². The molecule has 0 spiro atoms. The highest BCUT2D eigenvalue weighted by Gasteiger charge is 2.28. The lowest BCUT2D eigenvalue weighted by Crippen LogP contribution is -1.95. The van der Waals surface area contributed by atoms with Crippen LogP contribution in [0.15, 0.2) is 42.5 Å². The molecule has 0 fully saturated rings. The first-order chi connectivity index (χ1) is 8.36. The molecule has 3 rings (SSSR count). The van der Waals surface area contributed by atoms with Crippen LogP contribution in [0.5, 0.6) is 0 Å². The molecule has 78 valence electrons. The molecule has 0 radical (unpaired) electrons. The van der Waals surface area contributed by atoms with Gasteiger partial charge in [0, 0.05) is 5.56 Å². The Balaban J connectivity index is 2.41. The van der Waals surface area contributed by atoms with Gasteiger partial charge in [0.2, 0.25) is 0 Å². The zero-order valence-electron chi connectivity index (χ0n) is 9.27. The van der Waals surface area contributed by atoms with E-state index in [4.69, 9.17) is 12.8 Å². The molecule has 0 bridgehead atoms. The molecule has 17 heavy (non-hydrogen) atoms. The topological polar surface area (TPSA) is 0 Å². The average Bonchev–Trinajstić information content (AvgIpc) is 2.72. The summed E-state index contributed by atoms with van der Waals surface area (Å²) in [5.41, 5.74) is 5.59. The highest BCUT2D eigenvalue weighted by molar-refractivity contribution is 5.82. The van der Waals surface area contributed by atoms with Crippen molar-refractivity contribution >= 4 is 0 Å². The van der Waals surface area contributed by atoms with Crippen molar-refractivity contribution in [1.29, 1.82) is 0 Å². The fraction of sp³-hybridized carbons (Fsp3) is 0.0588. The molecule has 1 unspecified atom stereocenters. The number of hydrogen-bond acceptors (Lipinski definition) is 0. The minimum Gasteiger partial charge on any atom is -0.119 e. The third-order valence-electron chi connectivity index (χ3n) is 3.28. The lowest BCUT2D eigenvalue weighted by atomic mass is 9.94. The van der Waals surface area contributed by atoms with Gasteiger partial charge in [-0.05, 0) is 28.3 Å². The van der Waals surface area contributed by atoms with Gasteiger partial charge in [-0.25, -0.2) is 0 Å². The summed E-state index contributed by atoms with van der Waals surface area (Å²) in [5, 5.41) is 0. The van der Waals surface area contributed by atoms with Gasteiger partial charge in [0.1, 0.15) is 0 Å². The van der Waals surface area contributed by atoms with Crippen molar-refractivity contribution < 1.29 is 0 Å². The van der Waals surface area contributed by atoms with Crippen molar-refractivity contribution in [2.24, 2.45) is 0 Å². The van der Waals surface area contributed by atoms with E-state index in [9.17, 15) is 0 Å². The Morgan fingerprint density at radius 3 is 2.41 bits per heavy atom. The first-order valence-corrected chi connectivity index (χ1v) is 5.51. The Hall–Kier alpha value is -2.44. The number of terminal acetylenes is 2. The first-order valence-electron chi connectivity index (χ1n) is 5.51. The molecule has 2 aromatic rings. The van der Waals surface area contributed by atoms with Gasteiger partial charge in [0.25, 0.3) is 0 Å². The third kappa shape index (κ3) is 1.22. The molecule has 0 N–H and O–H groups in total. The second kappa shape index (κ2) is 3.55. The van der Waals surface area contributed by atoms with Crippen LogP contribution in [0.25, 0.3) is 11.1 Å². The van der Waals surface area contributed by atoms with E-state index in [1.807, 2.05) is 24.3 Å². The monoisotopic (exact) mass is 214 g/mol. The summed E-state index contributed by atoms with van der Waals surface area (Å²) in [4.78, 5) is 0. The van der Waals surface area contributed by atoms with Crippen LogP contribution in [0, 0.1) is 24.7 Å². The lowest BCUT2D eigenvalue weighted by Gasteiger charge is -2.07. The molecule has 2 aromatic carbocycles. The maximum atomic E-state index is 5.67. The lowest BCUT2D eigenvalue weighted by molar-refractivity contribution is 1.11. The zero-order chi connectivity index (χ0) is 11.8. The molecule has 0 amide bonds. The van der Waals surface area contributed by atoms with Crippen LogP contribution in [0.3, 0.4) is 0 Å². The molecule has 1 atom stereocenters. The van der Waals surface area contributed by atoms with Crippen LogP contribution < -0.4 is 0 Å². The van der Waals surface area contributed by atoms with E-state index in [1.54, 1.807) is 0 Å². The maximum absolute atomic E-state index is 5.67. The molecule has 0 saturated heterocycles. The van der Waals surface area contributed by atoms with Crippen molar-refractivity contribution in [3.8, 4) is 35.8 Å². The molecular formula is C17H10. The van der Waals surface area contributed by atoms with E-state index >= 15 is 0 Å². The standard InChI is InChI=1S/C17H10/c1-3-12-8-7-11-16-15-10-6-5-9-14(15)13(4-2)17(12)16/h1-2,5-11,13H. The van der Waals surface area contributed by atoms with Gasteiger partial charge in [-0.3, -0.25) is 0 Å². The van der Waals surface area contributed by atoms with Gasteiger partial charge in [-0.15, -0.1) is 12.8 Å². The normalized spacial score (nSPS) is 15.5. The van der Waals surface area contributed by atoms with Gasteiger partial charge in [0.15, 0.2) is 0 Å². The summed E-state index contributed by atoms with van der Waals surface area (Å²) < 4.78 is 0. The Morgan fingerprint density at radius 1 is 0.882 bits per heavy atom. The van der Waals surface area contributed by atoms with Gasteiger partial charge >= 0.3 is 0 Å². The summed E-state index contributed by atoms with van der Waals surface area (Å²) in [5.74, 6) is 5.58. The van der Waals surface area contributed by atoms with Crippen LogP contribution >= 0.6 is 0 Å². The summed E-state index contributed by atoms with van der Waals surface area (Å²) >= 11 is 0. The molecule has 1 aliphatic carbocycles. The highest BCUT2D eigenvalue weighted by Crippen LogP contribution is 2.45. The van der Waals surface area contributed by atoms with E-state index in [-0.39, 0.29) is 5.92 Å². The molecule has 0 nitrogen and oxygen atoms in total. The second-order valence-corrected chi connectivity index (χ2v) is 4.10. The van der Waals surface area contributed by atoms with Crippen molar-refractivity contribution in [3.05, 3.63) is 59.2 Å². The van der Waals surface area contributed by atoms with E-state index in [0.717, 1.165) is 11.1 Å². The molecule has 0 aliphatic heterocycles. The predicted molar refractivity (Wildman–Crippen MR) is 70.5 cm³/mol. The Bertz CT molecular complexity index is 678. The van der Waals surface area contributed by atoms with Crippen molar-refractivity contribution in [2.75, 3.05) is 0 Å². The SMILES string of the molecule is C#Cc1cccc2c1C(C#C)c1ccccc1-2. The smallest absolute Gasteiger partial charge is 0.0723 e. The summed E-state index contributed by atoms with van der Waals surface area (Å²) in [6.07, 6.45) is 11.2. The number of fused-ring (bicyclic) bond motifs is 3.